The van der Waals surface area contributed by atoms with E-state index in [0.29, 0.717) is 0 Å². The van der Waals surface area contributed by atoms with Crippen molar-refractivity contribution in [2.75, 3.05) is 14.2 Å². The molecule has 0 amide bonds. The number of carbonyl (C=O) groups is 2. The van der Waals surface area contributed by atoms with Crippen molar-refractivity contribution in [1.82, 2.24) is 0 Å². The molecule has 1 saturated carbocycles. The van der Waals surface area contributed by atoms with Crippen LogP contribution in [0.25, 0.3) is 0 Å². The lowest BCUT2D eigenvalue weighted by molar-refractivity contribution is -0.166. The van der Waals surface area contributed by atoms with Gasteiger partial charge in [0.2, 0.25) is 0 Å². The maximum absolute atomic E-state index is 12.1. The van der Waals surface area contributed by atoms with Gasteiger partial charge in [-0.3, -0.25) is 9.59 Å². The summed E-state index contributed by atoms with van der Waals surface area (Å²) in [5, 5.41) is 0. The largest absolute Gasteiger partial charge is 0.469 e. The first kappa shape index (κ1) is 17.0. The number of hydrogen-bond donors (Lipinski definition) is 0. The molecule has 0 heterocycles. The van der Waals surface area contributed by atoms with Crippen molar-refractivity contribution >= 4 is 11.9 Å². The summed E-state index contributed by atoms with van der Waals surface area (Å²) in [7, 11) is 2.85. The van der Waals surface area contributed by atoms with Crippen LogP contribution < -0.4 is 0 Å². The van der Waals surface area contributed by atoms with Gasteiger partial charge in [-0.25, -0.2) is 0 Å². The first-order chi connectivity index (χ1) is 9.19. The predicted molar refractivity (Wildman–Crippen MR) is 77.0 cm³/mol. The van der Waals surface area contributed by atoms with E-state index in [1.165, 1.54) is 14.2 Å². The molecule has 0 radical (unpaired) electrons. The molecule has 1 fully saturated rings. The Labute approximate surface area is 122 Å². The third-order valence-corrected chi connectivity index (χ3v) is 5.04. The van der Waals surface area contributed by atoms with E-state index in [0.717, 1.165) is 25.7 Å². The Morgan fingerprint density at radius 3 is 1.35 bits per heavy atom. The fourth-order valence-corrected chi connectivity index (χ4v) is 3.69. The lowest BCUT2D eigenvalue weighted by atomic mass is 9.58. The van der Waals surface area contributed by atoms with E-state index in [-0.39, 0.29) is 23.8 Å². The molecule has 1 aliphatic rings. The Hall–Kier alpha value is -1.06. The molecule has 0 aliphatic heterocycles. The fourth-order valence-electron chi connectivity index (χ4n) is 3.69. The Morgan fingerprint density at radius 1 is 0.800 bits per heavy atom. The number of esters is 2. The molecule has 0 bridgehead atoms. The second kappa shape index (κ2) is 6.15. The van der Waals surface area contributed by atoms with E-state index in [1.807, 2.05) is 27.7 Å². The lowest BCUT2D eigenvalue weighted by Crippen LogP contribution is -2.47. The third-order valence-electron chi connectivity index (χ3n) is 5.04. The van der Waals surface area contributed by atoms with E-state index in [4.69, 9.17) is 9.47 Å². The average Bonchev–Trinajstić information content (AvgIpc) is 2.45. The van der Waals surface area contributed by atoms with Crippen LogP contribution in [0.15, 0.2) is 0 Å². The Balaban J connectivity index is 3.09. The molecule has 0 N–H and O–H groups in total. The Bertz CT molecular complexity index is 335. The maximum atomic E-state index is 12.1. The highest BCUT2D eigenvalue weighted by Crippen LogP contribution is 2.50. The van der Waals surface area contributed by atoms with Gasteiger partial charge in [0.1, 0.15) is 0 Å². The zero-order chi connectivity index (χ0) is 15.6. The predicted octanol–water partition coefficient (Wildman–Crippen LogP) is 3.19. The van der Waals surface area contributed by atoms with Gasteiger partial charge in [-0.05, 0) is 52.4 Å². The molecule has 1 rings (SSSR count). The number of carbonyl (C=O) groups excluding carboxylic acids is 2. The molecule has 1 aliphatic carbocycles. The van der Waals surface area contributed by atoms with Crippen LogP contribution >= 0.6 is 0 Å². The number of ether oxygens (including phenoxy) is 2. The molecule has 0 aromatic rings. The van der Waals surface area contributed by atoms with Crippen LogP contribution in [-0.2, 0) is 19.1 Å². The summed E-state index contributed by atoms with van der Waals surface area (Å²) in [6, 6.07) is 0. The third kappa shape index (κ3) is 2.99. The van der Waals surface area contributed by atoms with Gasteiger partial charge in [-0.1, -0.05) is 12.8 Å². The summed E-state index contributed by atoms with van der Waals surface area (Å²) in [5.41, 5.74) is -1.16. The minimum Gasteiger partial charge on any atom is -0.469 e. The molecule has 0 spiro atoms. The molecule has 0 aromatic heterocycles. The lowest BCUT2D eigenvalue weighted by Gasteiger charge is -2.46. The smallest absolute Gasteiger partial charge is 0.311 e. The van der Waals surface area contributed by atoms with Crippen molar-refractivity contribution in [1.29, 1.82) is 0 Å². The topological polar surface area (TPSA) is 52.6 Å². The van der Waals surface area contributed by atoms with Crippen molar-refractivity contribution in [3.05, 3.63) is 0 Å². The van der Waals surface area contributed by atoms with E-state index in [1.54, 1.807) is 0 Å². The van der Waals surface area contributed by atoms with E-state index < -0.39 is 10.8 Å². The van der Waals surface area contributed by atoms with Crippen molar-refractivity contribution in [3.8, 4) is 0 Å². The molecule has 0 unspecified atom stereocenters. The quantitative estimate of drug-likeness (QED) is 0.744. The summed E-state index contributed by atoms with van der Waals surface area (Å²) in [4.78, 5) is 24.2. The molecule has 4 heteroatoms. The molecule has 0 aromatic carbocycles. The van der Waals surface area contributed by atoms with E-state index in [9.17, 15) is 9.59 Å². The van der Waals surface area contributed by atoms with Crippen molar-refractivity contribution < 1.29 is 19.1 Å². The van der Waals surface area contributed by atoms with Crippen LogP contribution in [0.5, 0.6) is 0 Å². The number of rotatable bonds is 4. The zero-order valence-corrected chi connectivity index (χ0v) is 13.6. The molecular formula is C16H28O4. The molecular weight excluding hydrogens is 256 g/mol. The normalized spacial score (nSPS) is 24.1. The summed E-state index contributed by atoms with van der Waals surface area (Å²) in [5.74, 6) is -0.124. The molecule has 2 atom stereocenters. The van der Waals surface area contributed by atoms with Gasteiger partial charge in [0.05, 0.1) is 25.0 Å². The second-order valence-electron chi connectivity index (χ2n) is 6.92. The molecule has 116 valence electrons. The summed E-state index contributed by atoms with van der Waals surface area (Å²) in [6.45, 7) is 7.70. The van der Waals surface area contributed by atoms with Crippen molar-refractivity contribution in [2.24, 2.45) is 22.7 Å². The monoisotopic (exact) mass is 284 g/mol. The van der Waals surface area contributed by atoms with Crippen LogP contribution in [0.1, 0.15) is 53.4 Å². The van der Waals surface area contributed by atoms with Crippen LogP contribution in [0.3, 0.4) is 0 Å². The van der Waals surface area contributed by atoms with Gasteiger partial charge in [0.25, 0.3) is 0 Å². The van der Waals surface area contributed by atoms with Crippen LogP contribution in [0.4, 0.5) is 0 Å². The highest BCUT2D eigenvalue weighted by Gasteiger charge is 2.50. The minimum absolute atomic E-state index is 0.137. The fraction of sp³-hybridized carbons (Fsp3) is 0.875. The zero-order valence-electron chi connectivity index (χ0n) is 13.6. The van der Waals surface area contributed by atoms with E-state index >= 15 is 0 Å². The van der Waals surface area contributed by atoms with Gasteiger partial charge in [0, 0.05) is 0 Å². The summed E-state index contributed by atoms with van der Waals surface area (Å²) >= 11 is 0. The Kier molecular flexibility index (Phi) is 5.22. The molecule has 4 nitrogen and oxygen atoms in total. The summed E-state index contributed by atoms with van der Waals surface area (Å²) < 4.78 is 9.92. The van der Waals surface area contributed by atoms with Crippen molar-refractivity contribution in [3.63, 3.8) is 0 Å². The van der Waals surface area contributed by atoms with Crippen molar-refractivity contribution in [2.45, 2.75) is 53.4 Å². The molecule has 0 saturated heterocycles. The maximum Gasteiger partial charge on any atom is 0.311 e. The van der Waals surface area contributed by atoms with Gasteiger partial charge < -0.3 is 9.47 Å². The van der Waals surface area contributed by atoms with Gasteiger partial charge >= 0.3 is 11.9 Å². The minimum atomic E-state index is -0.578. The highest BCUT2D eigenvalue weighted by molar-refractivity contribution is 5.78. The van der Waals surface area contributed by atoms with E-state index in [2.05, 4.69) is 0 Å². The standard InChI is InChI=1S/C16H28O4/c1-15(2,13(17)19-5)11-9-7-8-10-12(11)16(3,4)14(18)20-6/h11-12H,7-10H2,1-6H3/t11-,12+. The average molecular weight is 284 g/mol. The Morgan fingerprint density at radius 2 is 1.10 bits per heavy atom. The SMILES string of the molecule is COC(=O)C(C)(C)[C@@H]1CCCC[C@@H]1C(C)(C)C(=O)OC. The van der Waals surface area contributed by atoms with Crippen LogP contribution in [0, 0.1) is 22.7 Å². The first-order valence-corrected chi connectivity index (χ1v) is 7.36. The second-order valence-corrected chi connectivity index (χ2v) is 6.92. The summed E-state index contributed by atoms with van der Waals surface area (Å²) in [6.07, 6.45) is 4.10. The van der Waals surface area contributed by atoms with Gasteiger partial charge in [-0.2, -0.15) is 0 Å². The molecule has 20 heavy (non-hydrogen) atoms. The van der Waals surface area contributed by atoms with Crippen LogP contribution in [0.2, 0.25) is 0 Å². The van der Waals surface area contributed by atoms with Gasteiger partial charge in [-0.15, -0.1) is 0 Å². The van der Waals surface area contributed by atoms with Gasteiger partial charge in [0.15, 0.2) is 0 Å². The first-order valence-electron chi connectivity index (χ1n) is 7.36. The number of hydrogen-bond acceptors (Lipinski definition) is 4. The van der Waals surface area contributed by atoms with Crippen LogP contribution in [-0.4, -0.2) is 26.2 Å². The highest BCUT2D eigenvalue weighted by atomic mass is 16.5. The number of methoxy groups -OCH3 is 2.